The van der Waals surface area contributed by atoms with Crippen molar-refractivity contribution in [2.24, 2.45) is 0 Å². The lowest BCUT2D eigenvalue weighted by Gasteiger charge is -2.37. The van der Waals surface area contributed by atoms with Crippen LogP contribution in [-0.2, 0) is 17.7 Å². The molecule has 9 heteroatoms. The van der Waals surface area contributed by atoms with Crippen molar-refractivity contribution in [3.8, 4) is 16.9 Å². The van der Waals surface area contributed by atoms with Crippen LogP contribution in [0.5, 0.6) is 5.75 Å². The number of amides is 2. The van der Waals surface area contributed by atoms with Gasteiger partial charge in [-0.15, -0.1) is 11.3 Å². The van der Waals surface area contributed by atoms with Gasteiger partial charge in [0.2, 0.25) is 0 Å². The zero-order chi connectivity index (χ0) is 29.9. The molecule has 0 spiro atoms. The van der Waals surface area contributed by atoms with Crippen molar-refractivity contribution < 1.29 is 19.4 Å². The molecular weight excluding hydrogens is 560 g/mol. The Kier molecular flexibility index (Phi) is 10.8. The minimum absolute atomic E-state index is 0.0689. The summed E-state index contributed by atoms with van der Waals surface area (Å²) in [5.74, 6) is 0.0852. The maximum absolute atomic E-state index is 13.5. The van der Waals surface area contributed by atoms with E-state index in [1.165, 1.54) is 11.3 Å². The highest BCUT2D eigenvalue weighted by Gasteiger charge is 2.28. The van der Waals surface area contributed by atoms with Crippen LogP contribution in [0.1, 0.15) is 39.4 Å². The number of hydrogen-bond acceptors (Lipinski definition) is 7. The molecule has 0 unspecified atom stereocenters. The van der Waals surface area contributed by atoms with E-state index < -0.39 is 6.09 Å². The first-order valence-electron chi connectivity index (χ1n) is 14.8. The van der Waals surface area contributed by atoms with E-state index in [0.29, 0.717) is 11.4 Å². The second kappa shape index (κ2) is 15.3. The third kappa shape index (κ3) is 8.44. The maximum atomic E-state index is 13.5. The molecule has 2 amide bonds. The number of thiophene rings is 1. The van der Waals surface area contributed by atoms with Crippen LogP contribution in [0.4, 0.5) is 10.5 Å². The highest BCUT2D eigenvalue weighted by atomic mass is 32.1. The van der Waals surface area contributed by atoms with Gasteiger partial charge in [0.25, 0.3) is 5.91 Å². The van der Waals surface area contributed by atoms with Crippen molar-refractivity contribution in [2.75, 3.05) is 37.8 Å². The van der Waals surface area contributed by atoms with Crippen molar-refractivity contribution >= 4 is 29.0 Å². The van der Waals surface area contributed by atoms with Crippen molar-refractivity contribution in [1.29, 1.82) is 0 Å². The van der Waals surface area contributed by atoms with Crippen LogP contribution < -0.4 is 15.6 Å². The predicted molar refractivity (Wildman–Crippen MR) is 171 cm³/mol. The van der Waals surface area contributed by atoms with Gasteiger partial charge in [-0.1, -0.05) is 67.1 Å². The number of phenols is 1. The third-order valence-corrected chi connectivity index (χ3v) is 8.41. The SMILES string of the molecule is O=C(NCCOC(=O)N(c1ccccc1-c1ccccc1)N1CCCCC1)c1ccc(CNCCc2ccc(O)cc2)s1. The van der Waals surface area contributed by atoms with Gasteiger partial charge in [0.15, 0.2) is 0 Å². The average molecular weight is 599 g/mol. The van der Waals surface area contributed by atoms with E-state index >= 15 is 0 Å². The summed E-state index contributed by atoms with van der Waals surface area (Å²) in [7, 11) is 0. The van der Waals surface area contributed by atoms with Crippen molar-refractivity contribution in [2.45, 2.75) is 32.2 Å². The molecule has 3 aromatic carbocycles. The minimum Gasteiger partial charge on any atom is -0.508 e. The summed E-state index contributed by atoms with van der Waals surface area (Å²) in [6.45, 7) is 3.31. The number of ether oxygens (including phenoxy) is 1. The number of benzene rings is 3. The second-order valence-electron chi connectivity index (χ2n) is 10.4. The van der Waals surface area contributed by atoms with E-state index in [9.17, 15) is 14.7 Å². The summed E-state index contributed by atoms with van der Waals surface area (Å²) < 4.78 is 5.71. The normalized spacial score (nSPS) is 13.4. The smallest absolute Gasteiger partial charge is 0.429 e. The molecule has 8 nitrogen and oxygen atoms in total. The number of piperidine rings is 1. The zero-order valence-corrected chi connectivity index (χ0v) is 25.0. The number of para-hydroxylation sites is 1. The van der Waals surface area contributed by atoms with Crippen molar-refractivity contribution in [1.82, 2.24) is 15.6 Å². The molecule has 5 rings (SSSR count). The van der Waals surface area contributed by atoms with Crippen LogP contribution in [0, 0.1) is 0 Å². The summed E-state index contributed by atoms with van der Waals surface area (Å²) in [5, 5.41) is 19.4. The molecule has 3 N–H and O–H groups in total. The largest absolute Gasteiger partial charge is 0.508 e. The lowest BCUT2D eigenvalue weighted by molar-refractivity contribution is 0.0929. The number of phenolic OH excluding ortho intramolecular Hbond substituents is 1. The molecule has 0 aliphatic carbocycles. The van der Waals surface area contributed by atoms with Gasteiger partial charge in [-0.25, -0.2) is 14.8 Å². The molecule has 1 aliphatic heterocycles. The number of rotatable bonds is 12. The van der Waals surface area contributed by atoms with E-state index in [1.807, 2.05) is 78.9 Å². The van der Waals surface area contributed by atoms with Gasteiger partial charge in [0, 0.05) is 30.1 Å². The number of carbonyl (C=O) groups excluding carboxylic acids is 2. The van der Waals surface area contributed by atoms with Crippen LogP contribution in [0.15, 0.2) is 91.0 Å². The Morgan fingerprint density at radius 1 is 0.860 bits per heavy atom. The van der Waals surface area contributed by atoms with E-state index in [4.69, 9.17) is 4.74 Å². The number of hydrogen-bond donors (Lipinski definition) is 3. The van der Waals surface area contributed by atoms with Gasteiger partial charge < -0.3 is 20.5 Å². The Labute approximate surface area is 256 Å². The fraction of sp³-hybridized carbons (Fsp3) is 0.294. The topological polar surface area (TPSA) is 94.1 Å². The summed E-state index contributed by atoms with van der Waals surface area (Å²) in [6.07, 6.45) is 3.58. The Bertz CT molecular complexity index is 1470. The predicted octanol–water partition coefficient (Wildman–Crippen LogP) is 6.23. The molecule has 43 heavy (non-hydrogen) atoms. The van der Waals surface area contributed by atoms with Crippen molar-refractivity contribution in [3.05, 3.63) is 106 Å². The number of anilines is 1. The van der Waals surface area contributed by atoms with Gasteiger partial charge in [0.1, 0.15) is 12.4 Å². The van der Waals surface area contributed by atoms with E-state index in [2.05, 4.69) is 15.6 Å². The average Bonchev–Trinajstić information content (AvgIpc) is 3.53. The lowest BCUT2D eigenvalue weighted by atomic mass is 10.0. The summed E-state index contributed by atoms with van der Waals surface area (Å²) in [6, 6.07) is 28.9. The Morgan fingerprint density at radius 2 is 1.60 bits per heavy atom. The molecule has 0 bridgehead atoms. The third-order valence-electron chi connectivity index (χ3n) is 7.33. The minimum atomic E-state index is -0.448. The summed E-state index contributed by atoms with van der Waals surface area (Å²) >= 11 is 1.44. The zero-order valence-electron chi connectivity index (χ0n) is 24.2. The second-order valence-corrected chi connectivity index (χ2v) is 11.6. The van der Waals surface area contributed by atoms with Gasteiger partial charge in [-0.2, -0.15) is 0 Å². The maximum Gasteiger partial charge on any atom is 0.429 e. The molecule has 1 aromatic heterocycles. The van der Waals surface area contributed by atoms with E-state index in [1.54, 1.807) is 17.1 Å². The van der Waals surface area contributed by atoms with E-state index in [0.717, 1.165) is 72.6 Å². The molecule has 0 saturated carbocycles. The molecule has 4 aromatic rings. The van der Waals surface area contributed by atoms with Gasteiger partial charge in [-0.05, 0) is 67.3 Å². The number of nitrogens with zero attached hydrogens (tertiary/aromatic N) is 2. The van der Waals surface area contributed by atoms with Crippen molar-refractivity contribution in [3.63, 3.8) is 0 Å². The lowest BCUT2D eigenvalue weighted by Crippen LogP contribution is -2.50. The molecule has 2 heterocycles. The molecule has 224 valence electrons. The van der Waals surface area contributed by atoms with Gasteiger partial charge >= 0.3 is 6.09 Å². The van der Waals surface area contributed by atoms with Gasteiger partial charge in [-0.3, -0.25) is 4.79 Å². The molecule has 1 saturated heterocycles. The number of aromatic hydroxyl groups is 1. The molecular formula is C34H38N4O4S. The Hall–Kier alpha value is -4.18. The van der Waals surface area contributed by atoms with Crippen LogP contribution in [0.25, 0.3) is 11.1 Å². The molecule has 1 aliphatic rings. The number of nitrogens with one attached hydrogen (secondary N) is 2. The first kappa shape index (κ1) is 30.3. The Balaban J connectivity index is 1.12. The first-order chi connectivity index (χ1) is 21.1. The fourth-order valence-electron chi connectivity index (χ4n) is 5.12. The van der Waals surface area contributed by atoms with Crippen LogP contribution in [0.2, 0.25) is 0 Å². The number of hydrazine groups is 1. The first-order valence-corrected chi connectivity index (χ1v) is 15.6. The Morgan fingerprint density at radius 3 is 2.40 bits per heavy atom. The van der Waals surface area contributed by atoms with E-state index in [-0.39, 0.29) is 24.8 Å². The fourth-order valence-corrected chi connectivity index (χ4v) is 6.01. The summed E-state index contributed by atoms with van der Waals surface area (Å²) in [4.78, 5) is 27.9. The molecule has 1 fully saturated rings. The summed E-state index contributed by atoms with van der Waals surface area (Å²) in [5.41, 5.74) is 3.93. The van der Waals surface area contributed by atoms with Crippen LogP contribution in [0.3, 0.4) is 0 Å². The number of carbonyl (C=O) groups is 2. The highest BCUT2D eigenvalue weighted by molar-refractivity contribution is 7.14. The van der Waals surface area contributed by atoms with Crippen LogP contribution in [-0.4, -0.2) is 54.9 Å². The quantitative estimate of drug-likeness (QED) is 0.168. The molecule has 0 atom stereocenters. The van der Waals surface area contributed by atoms with Crippen LogP contribution >= 0.6 is 11.3 Å². The van der Waals surface area contributed by atoms with Gasteiger partial charge in [0.05, 0.1) is 17.1 Å². The highest BCUT2D eigenvalue weighted by Crippen LogP contribution is 2.33. The molecule has 0 radical (unpaired) electrons. The monoisotopic (exact) mass is 598 g/mol. The standard InChI is InChI=1S/C34H38N4O4S/c39-28-15-13-26(14-16-28)19-20-35-25-29-17-18-32(43-29)33(40)36-21-24-42-34(41)38(37-22-7-2-8-23-37)31-12-6-5-11-30(31)27-9-3-1-4-10-27/h1,3-6,9-18,35,39H,2,7-8,19-25H2,(H,36,40).